The number of aliphatic hydroxyl groups is 1. The summed E-state index contributed by atoms with van der Waals surface area (Å²) in [4.78, 5) is 4.25. The molecule has 2 unspecified atom stereocenters. The van der Waals surface area contributed by atoms with E-state index in [2.05, 4.69) is 10.3 Å². The van der Waals surface area contributed by atoms with E-state index in [0.29, 0.717) is 0 Å². The average molecular weight is 196 g/mol. The van der Waals surface area contributed by atoms with E-state index in [9.17, 15) is 5.11 Å². The molecule has 2 N–H and O–H groups in total. The average Bonchev–Trinajstić information content (AvgIpc) is 2.72. The van der Waals surface area contributed by atoms with Crippen molar-refractivity contribution in [3.05, 3.63) is 28.2 Å². The van der Waals surface area contributed by atoms with E-state index >= 15 is 0 Å². The minimum absolute atomic E-state index is 0.0329. The molecule has 4 heteroatoms. The predicted molar refractivity (Wildman–Crippen MR) is 52.7 cm³/mol. The Kier molecular flexibility index (Phi) is 2.44. The summed E-state index contributed by atoms with van der Waals surface area (Å²) < 4.78 is 0. The van der Waals surface area contributed by atoms with E-state index in [1.54, 1.807) is 0 Å². The Balaban J connectivity index is 2.12. The third-order valence-corrected chi connectivity index (χ3v) is 3.08. The minimum Gasteiger partial charge on any atom is -0.384 e. The van der Waals surface area contributed by atoms with Gasteiger partial charge in [-0.2, -0.15) is 0 Å². The van der Waals surface area contributed by atoms with Gasteiger partial charge in [-0.25, -0.2) is 4.98 Å². The highest BCUT2D eigenvalue weighted by Gasteiger charge is 2.22. The molecule has 0 amide bonds. The fourth-order valence-corrected chi connectivity index (χ4v) is 2.19. The normalized spacial score (nSPS) is 23.7. The second kappa shape index (κ2) is 3.57. The molecule has 2 rings (SSSR count). The monoisotopic (exact) mass is 196 g/mol. The molecular weight excluding hydrogens is 184 g/mol. The summed E-state index contributed by atoms with van der Waals surface area (Å²) >= 11 is 1.51. The maximum absolute atomic E-state index is 9.87. The summed E-state index contributed by atoms with van der Waals surface area (Å²) in [5.74, 6) is 0. The molecule has 2 atom stereocenters. The van der Waals surface area contributed by atoms with E-state index in [0.717, 1.165) is 17.2 Å². The van der Waals surface area contributed by atoms with Crippen molar-refractivity contribution in [2.45, 2.75) is 19.1 Å². The first-order chi connectivity index (χ1) is 6.27. The molecule has 0 bridgehead atoms. The Labute approximate surface area is 81.1 Å². The lowest BCUT2D eigenvalue weighted by Gasteiger charge is -2.14. The topological polar surface area (TPSA) is 45.1 Å². The van der Waals surface area contributed by atoms with Gasteiger partial charge in [-0.3, -0.25) is 0 Å². The molecule has 0 radical (unpaired) electrons. The number of aryl methyl sites for hydroxylation is 1. The number of hydrogen-bond donors (Lipinski definition) is 2. The van der Waals surface area contributed by atoms with Crippen LogP contribution in [0.3, 0.4) is 0 Å². The SMILES string of the molecule is Cc1csc(C(O)C2C=CCN2)n1. The lowest BCUT2D eigenvalue weighted by molar-refractivity contribution is 0.152. The zero-order valence-electron chi connectivity index (χ0n) is 7.40. The van der Waals surface area contributed by atoms with Crippen LogP contribution in [0.5, 0.6) is 0 Å². The number of aliphatic hydroxyl groups excluding tert-OH is 1. The summed E-state index contributed by atoms with van der Waals surface area (Å²) in [6.07, 6.45) is 3.51. The molecule has 0 spiro atoms. The summed E-state index contributed by atoms with van der Waals surface area (Å²) in [6.45, 7) is 2.77. The zero-order valence-corrected chi connectivity index (χ0v) is 8.21. The highest BCUT2D eigenvalue weighted by Crippen LogP contribution is 2.22. The van der Waals surface area contributed by atoms with Crippen molar-refractivity contribution in [3.63, 3.8) is 0 Å². The highest BCUT2D eigenvalue weighted by atomic mass is 32.1. The third-order valence-electron chi connectivity index (χ3n) is 2.04. The van der Waals surface area contributed by atoms with Gasteiger partial charge in [0.05, 0.1) is 6.04 Å². The molecule has 1 aliphatic rings. The number of hydrogen-bond acceptors (Lipinski definition) is 4. The van der Waals surface area contributed by atoms with Crippen LogP contribution in [0.4, 0.5) is 0 Å². The van der Waals surface area contributed by atoms with Crippen LogP contribution in [0.1, 0.15) is 16.8 Å². The smallest absolute Gasteiger partial charge is 0.124 e. The molecule has 0 saturated carbocycles. The van der Waals surface area contributed by atoms with Crippen LogP contribution < -0.4 is 5.32 Å². The van der Waals surface area contributed by atoms with Crippen LogP contribution in [0.25, 0.3) is 0 Å². The fraction of sp³-hybridized carbons (Fsp3) is 0.444. The molecule has 70 valence electrons. The Hall–Kier alpha value is -0.710. The molecule has 0 saturated heterocycles. The molecule has 13 heavy (non-hydrogen) atoms. The van der Waals surface area contributed by atoms with Crippen molar-refractivity contribution in [2.75, 3.05) is 6.54 Å². The van der Waals surface area contributed by atoms with Gasteiger partial charge in [0.1, 0.15) is 11.1 Å². The molecular formula is C9H12N2OS. The lowest BCUT2D eigenvalue weighted by atomic mass is 10.2. The maximum atomic E-state index is 9.87. The molecule has 1 aromatic rings. The highest BCUT2D eigenvalue weighted by molar-refractivity contribution is 7.09. The maximum Gasteiger partial charge on any atom is 0.124 e. The third kappa shape index (κ3) is 1.80. The van der Waals surface area contributed by atoms with Crippen LogP contribution in [-0.2, 0) is 0 Å². The molecule has 0 aromatic carbocycles. The molecule has 2 heterocycles. The Morgan fingerprint density at radius 3 is 3.15 bits per heavy atom. The molecule has 1 aromatic heterocycles. The van der Waals surface area contributed by atoms with Gasteiger partial charge in [-0.15, -0.1) is 11.3 Å². The number of aromatic nitrogens is 1. The largest absolute Gasteiger partial charge is 0.384 e. The molecule has 1 aliphatic heterocycles. The van der Waals surface area contributed by atoms with Gasteiger partial charge >= 0.3 is 0 Å². The summed E-state index contributed by atoms with van der Waals surface area (Å²) in [5.41, 5.74) is 0.973. The summed E-state index contributed by atoms with van der Waals surface area (Å²) in [6, 6.07) is 0.0329. The van der Waals surface area contributed by atoms with Crippen molar-refractivity contribution >= 4 is 11.3 Å². The van der Waals surface area contributed by atoms with Crippen molar-refractivity contribution < 1.29 is 5.11 Å². The number of nitrogens with one attached hydrogen (secondary N) is 1. The van der Waals surface area contributed by atoms with Gasteiger partial charge in [-0.1, -0.05) is 12.2 Å². The quantitative estimate of drug-likeness (QED) is 0.694. The predicted octanol–water partition coefficient (Wildman–Crippen LogP) is 1.01. The van der Waals surface area contributed by atoms with Crippen LogP contribution in [0.15, 0.2) is 17.5 Å². The van der Waals surface area contributed by atoms with E-state index in [-0.39, 0.29) is 6.04 Å². The zero-order chi connectivity index (χ0) is 9.26. The van der Waals surface area contributed by atoms with Gasteiger partial charge in [0.25, 0.3) is 0 Å². The van der Waals surface area contributed by atoms with Crippen LogP contribution >= 0.6 is 11.3 Å². The van der Waals surface area contributed by atoms with Crippen LogP contribution in [0.2, 0.25) is 0 Å². The van der Waals surface area contributed by atoms with Gasteiger partial charge in [0.2, 0.25) is 0 Å². The molecule has 0 fully saturated rings. The molecule has 3 nitrogen and oxygen atoms in total. The first-order valence-electron chi connectivity index (χ1n) is 4.27. The second-order valence-corrected chi connectivity index (χ2v) is 4.02. The van der Waals surface area contributed by atoms with Gasteiger partial charge in [0, 0.05) is 17.6 Å². The van der Waals surface area contributed by atoms with Crippen LogP contribution in [0, 0.1) is 6.92 Å². The van der Waals surface area contributed by atoms with Crippen molar-refractivity contribution in [2.24, 2.45) is 0 Å². The van der Waals surface area contributed by atoms with Crippen molar-refractivity contribution in [1.82, 2.24) is 10.3 Å². The molecule has 0 aliphatic carbocycles. The standard InChI is InChI=1S/C9H12N2OS/c1-6-5-13-9(11-6)8(12)7-3-2-4-10-7/h2-3,5,7-8,10,12H,4H2,1H3. The number of thiazole rings is 1. The lowest BCUT2D eigenvalue weighted by Crippen LogP contribution is -2.28. The van der Waals surface area contributed by atoms with E-state index in [1.807, 2.05) is 24.5 Å². The van der Waals surface area contributed by atoms with Gasteiger partial charge in [0.15, 0.2) is 0 Å². The number of nitrogens with zero attached hydrogens (tertiary/aromatic N) is 1. The summed E-state index contributed by atoms with van der Waals surface area (Å²) in [7, 11) is 0. The van der Waals surface area contributed by atoms with Crippen molar-refractivity contribution in [3.8, 4) is 0 Å². The summed E-state index contributed by atoms with van der Waals surface area (Å²) in [5, 5.41) is 15.8. The second-order valence-electron chi connectivity index (χ2n) is 3.13. The minimum atomic E-state index is -0.502. The fourth-order valence-electron chi connectivity index (χ4n) is 1.37. The van der Waals surface area contributed by atoms with Gasteiger partial charge in [-0.05, 0) is 6.92 Å². The van der Waals surface area contributed by atoms with Crippen LogP contribution in [-0.4, -0.2) is 22.7 Å². The van der Waals surface area contributed by atoms with E-state index in [1.165, 1.54) is 11.3 Å². The van der Waals surface area contributed by atoms with Crippen molar-refractivity contribution in [1.29, 1.82) is 0 Å². The Morgan fingerprint density at radius 1 is 1.77 bits per heavy atom. The van der Waals surface area contributed by atoms with E-state index < -0.39 is 6.10 Å². The number of rotatable bonds is 2. The van der Waals surface area contributed by atoms with Gasteiger partial charge < -0.3 is 10.4 Å². The Bertz CT molecular complexity index is 321. The van der Waals surface area contributed by atoms with E-state index in [4.69, 9.17) is 0 Å². The Morgan fingerprint density at radius 2 is 2.62 bits per heavy atom. The first kappa shape index (κ1) is 8.87. The first-order valence-corrected chi connectivity index (χ1v) is 5.15.